The third kappa shape index (κ3) is 2.96. The average molecular weight is 283 g/mol. The quantitative estimate of drug-likeness (QED) is 0.817. The summed E-state index contributed by atoms with van der Waals surface area (Å²) in [6.45, 7) is 0.623. The van der Waals surface area contributed by atoms with E-state index < -0.39 is 0 Å². The van der Waals surface area contributed by atoms with Crippen LogP contribution in [-0.2, 0) is 6.42 Å². The van der Waals surface area contributed by atoms with Crippen LogP contribution in [0.4, 0.5) is 5.69 Å². The minimum Gasteiger partial charge on any atom is -0.389 e. The van der Waals surface area contributed by atoms with E-state index in [-0.39, 0.29) is 4.99 Å². The number of aromatic nitrogens is 2. The molecule has 1 aromatic carbocycles. The molecule has 1 aromatic heterocycles. The van der Waals surface area contributed by atoms with Gasteiger partial charge in [-0.25, -0.2) is 0 Å². The molecule has 1 heterocycles. The lowest BCUT2D eigenvalue weighted by atomic mass is 10.1. The highest BCUT2D eigenvalue weighted by Crippen LogP contribution is 2.24. The maximum absolute atomic E-state index is 6.05. The first-order chi connectivity index (χ1) is 8.68. The average Bonchev–Trinajstić information content (AvgIpc) is 2.81. The number of nitrogens with one attached hydrogen (secondary N) is 1. The van der Waals surface area contributed by atoms with Crippen molar-refractivity contribution >= 4 is 34.5 Å². The van der Waals surface area contributed by atoms with Crippen molar-refractivity contribution in [1.82, 2.24) is 10.1 Å². The van der Waals surface area contributed by atoms with Crippen molar-refractivity contribution in [2.45, 2.75) is 6.42 Å². The Balaban J connectivity index is 2.05. The van der Waals surface area contributed by atoms with Crippen molar-refractivity contribution in [1.29, 1.82) is 0 Å². The van der Waals surface area contributed by atoms with E-state index in [4.69, 9.17) is 34.1 Å². The van der Waals surface area contributed by atoms with Crippen molar-refractivity contribution in [3.8, 4) is 0 Å². The van der Waals surface area contributed by atoms with Gasteiger partial charge in [0, 0.05) is 18.7 Å². The summed E-state index contributed by atoms with van der Waals surface area (Å²) >= 11 is 11.0. The van der Waals surface area contributed by atoms with Gasteiger partial charge in [0.1, 0.15) is 4.99 Å². The second kappa shape index (κ2) is 5.79. The predicted octanol–water partition coefficient (Wildman–Crippen LogP) is 2.01. The fraction of sp³-hybridized carbons (Fsp3) is 0.182. The topological polar surface area (TPSA) is 77.0 Å². The first kappa shape index (κ1) is 12.8. The highest BCUT2D eigenvalue weighted by atomic mass is 35.5. The normalized spacial score (nSPS) is 10.3. The Morgan fingerprint density at radius 2 is 2.33 bits per heavy atom. The number of rotatable bonds is 5. The van der Waals surface area contributed by atoms with Gasteiger partial charge in [0.05, 0.1) is 10.6 Å². The minimum absolute atomic E-state index is 0.265. The number of hydrogen-bond acceptors (Lipinski definition) is 5. The molecule has 2 aromatic rings. The van der Waals surface area contributed by atoms with Gasteiger partial charge in [0.2, 0.25) is 5.89 Å². The molecular formula is C11H11ClN4OS. The molecule has 0 aliphatic carbocycles. The lowest BCUT2D eigenvalue weighted by molar-refractivity contribution is 0.380. The molecule has 94 valence electrons. The monoisotopic (exact) mass is 282 g/mol. The number of thiocarbonyl (C=S) groups is 1. The molecule has 0 amide bonds. The Kier molecular flexibility index (Phi) is 4.11. The standard InChI is InChI=1S/C11H11ClN4OS/c12-7-2-1-3-8(10(7)11(13)18)14-5-4-9-15-6-16-17-9/h1-3,6,14H,4-5H2,(H2,13,18). The second-order valence-electron chi connectivity index (χ2n) is 3.54. The zero-order valence-corrected chi connectivity index (χ0v) is 11.0. The van der Waals surface area contributed by atoms with Crippen LogP contribution in [-0.4, -0.2) is 21.7 Å². The number of benzene rings is 1. The third-order valence-corrected chi connectivity index (χ3v) is 2.84. The third-order valence-electron chi connectivity index (χ3n) is 2.32. The van der Waals surface area contributed by atoms with E-state index in [0.29, 0.717) is 29.4 Å². The van der Waals surface area contributed by atoms with Crippen molar-refractivity contribution in [2.75, 3.05) is 11.9 Å². The van der Waals surface area contributed by atoms with E-state index in [2.05, 4.69) is 15.5 Å². The fourth-order valence-corrected chi connectivity index (χ4v) is 2.08. The van der Waals surface area contributed by atoms with Crippen molar-refractivity contribution in [3.63, 3.8) is 0 Å². The largest absolute Gasteiger partial charge is 0.389 e. The molecule has 0 unspecified atom stereocenters. The lowest BCUT2D eigenvalue weighted by Crippen LogP contribution is -2.15. The Morgan fingerprint density at radius 1 is 1.50 bits per heavy atom. The first-order valence-corrected chi connectivity index (χ1v) is 6.05. The number of halogens is 1. The van der Waals surface area contributed by atoms with Gasteiger partial charge in [-0.05, 0) is 12.1 Å². The summed E-state index contributed by atoms with van der Waals surface area (Å²) in [5.41, 5.74) is 7.10. The van der Waals surface area contributed by atoms with Crippen LogP contribution in [0, 0.1) is 0 Å². The molecule has 2 rings (SSSR count). The molecule has 3 N–H and O–H groups in total. The SMILES string of the molecule is NC(=S)c1c(Cl)cccc1NCCc1ncno1. The van der Waals surface area contributed by atoms with Gasteiger partial charge in [0.25, 0.3) is 0 Å². The number of hydrogen-bond donors (Lipinski definition) is 2. The summed E-state index contributed by atoms with van der Waals surface area (Å²) in [6, 6.07) is 5.45. The summed E-state index contributed by atoms with van der Waals surface area (Å²) in [6.07, 6.45) is 1.98. The van der Waals surface area contributed by atoms with E-state index in [0.717, 1.165) is 5.69 Å². The van der Waals surface area contributed by atoms with E-state index in [1.54, 1.807) is 6.07 Å². The van der Waals surface area contributed by atoms with Crippen LogP contribution in [0.2, 0.25) is 5.02 Å². The van der Waals surface area contributed by atoms with Crippen molar-refractivity contribution < 1.29 is 4.52 Å². The Bertz CT molecular complexity index is 544. The van der Waals surface area contributed by atoms with Gasteiger partial charge < -0.3 is 15.6 Å². The van der Waals surface area contributed by atoms with Gasteiger partial charge in [-0.15, -0.1) is 0 Å². The molecule has 0 saturated heterocycles. The first-order valence-electron chi connectivity index (χ1n) is 5.26. The summed E-state index contributed by atoms with van der Waals surface area (Å²) in [5.74, 6) is 0.571. The zero-order chi connectivity index (χ0) is 13.0. The van der Waals surface area contributed by atoms with Gasteiger partial charge in [-0.1, -0.05) is 35.0 Å². The molecule has 5 nitrogen and oxygen atoms in total. The van der Waals surface area contributed by atoms with Crippen LogP contribution in [0.15, 0.2) is 29.0 Å². The van der Waals surface area contributed by atoms with E-state index in [1.807, 2.05) is 12.1 Å². The van der Waals surface area contributed by atoms with Crippen molar-refractivity contribution in [2.24, 2.45) is 5.73 Å². The van der Waals surface area contributed by atoms with E-state index in [9.17, 15) is 0 Å². The summed E-state index contributed by atoms with van der Waals surface area (Å²) in [5, 5.41) is 7.26. The van der Waals surface area contributed by atoms with Crippen LogP contribution in [0.3, 0.4) is 0 Å². The molecule has 0 bridgehead atoms. The van der Waals surface area contributed by atoms with E-state index in [1.165, 1.54) is 6.33 Å². The van der Waals surface area contributed by atoms with Crippen LogP contribution >= 0.6 is 23.8 Å². The maximum atomic E-state index is 6.05. The van der Waals surface area contributed by atoms with Gasteiger partial charge in [0.15, 0.2) is 6.33 Å². The molecule has 0 fully saturated rings. The highest BCUT2D eigenvalue weighted by molar-refractivity contribution is 7.80. The van der Waals surface area contributed by atoms with Gasteiger partial charge >= 0.3 is 0 Å². The summed E-state index contributed by atoms with van der Waals surface area (Å²) in [4.78, 5) is 4.19. The maximum Gasteiger partial charge on any atom is 0.228 e. The van der Waals surface area contributed by atoms with Crippen LogP contribution in [0.25, 0.3) is 0 Å². The minimum atomic E-state index is 0.265. The van der Waals surface area contributed by atoms with Crippen molar-refractivity contribution in [3.05, 3.63) is 41.0 Å². The number of nitrogens with zero attached hydrogens (tertiary/aromatic N) is 2. The van der Waals surface area contributed by atoms with Crippen LogP contribution in [0.1, 0.15) is 11.5 Å². The molecule has 0 spiro atoms. The Morgan fingerprint density at radius 3 is 3.00 bits per heavy atom. The Hall–Kier alpha value is -1.66. The number of nitrogens with two attached hydrogens (primary N) is 1. The van der Waals surface area contributed by atoms with Crippen LogP contribution in [0.5, 0.6) is 0 Å². The molecule has 0 aliphatic heterocycles. The van der Waals surface area contributed by atoms with Gasteiger partial charge in [-0.3, -0.25) is 0 Å². The molecule has 18 heavy (non-hydrogen) atoms. The second-order valence-corrected chi connectivity index (χ2v) is 4.39. The molecule has 0 atom stereocenters. The zero-order valence-electron chi connectivity index (χ0n) is 9.39. The summed E-state index contributed by atoms with van der Waals surface area (Å²) < 4.78 is 4.90. The van der Waals surface area contributed by atoms with E-state index >= 15 is 0 Å². The lowest BCUT2D eigenvalue weighted by Gasteiger charge is -2.11. The fourth-order valence-electron chi connectivity index (χ4n) is 1.53. The Labute approximate surface area is 114 Å². The molecule has 0 aliphatic rings. The highest BCUT2D eigenvalue weighted by Gasteiger charge is 2.09. The predicted molar refractivity (Wildman–Crippen MR) is 73.8 cm³/mol. The van der Waals surface area contributed by atoms with Gasteiger partial charge in [-0.2, -0.15) is 4.98 Å². The number of anilines is 1. The van der Waals surface area contributed by atoms with Crippen LogP contribution < -0.4 is 11.1 Å². The summed E-state index contributed by atoms with van der Waals surface area (Å²) in [7, 11) is 0. The molecule has 0 saturated carbocycles. The smallest absolute Gasteiger partial charge is 0.228 e. The molecule has 0 radical (unpaired) electrons. The molecular weight excluding hydrogens is 272 g/mol. The molecule has 7 heteroatoms.